The fourth-order valence-corrected chi connectivity index (χ4v) is 4.29. The van der Waals surface area contributed by atoms with Crippen LogP contribution in [-0.2, 0) is 0 Å². The van der Waals surface area contributed by atoms with Gasteiger partial charge < -0.3 is 9.80 Å². The highest BCUT2D eigenvalue weighted by molar-refractivity contribution is 9.10. The Balaban J connectivity index is 1.28. The van der Waals surface area contributed by atoms with Crippen molar-refractivity contribution in [2.75, 3.05) is 31.1 Å². The Bertz CT molecular complexity index is 1260. The van der Waals surface area contributed by atoms with Gasteiger partial charge in [-0.2, -0.15) is 0 Å². The molecular formula is C25H21BrFN5O. The van der Waals surface area contributed by atoms with E-state index in [4.69, 9.17) is 0 Å². The fraction of sp³-hybridized carbons (Fsp3) is 0.160. The van der Waals surface area contributed by atoms with Crippen molar-refractivity contribution in [3.05, 3.63) is 94.8 Å². The van der Waals surface area contributed by atoms with Gasteiger partial charge in [-0.1, -0.05) is 45.4 Å². The molecule has 5 rings (SSSR count). The summed E-state index contributed by atoms with van der Waals surface area (Å²) in [6, 6.07) is 22.1. The summed E-state index contributed by atoms with van der Waals surface area (Å²) < 4.78 is 16.8. The first-order valence-electron chi connectivity index (χ1n) is 10.7. The predicted octanol–water partition coefficient (Wildman–Crippen LogP) is 4.80. The summed E-state index contributed by atoms with van der Waals surface area (Å²) in [7, 11) is 0. The van der Waals surface area contributed by atoms with Crippen molar-refractivity contribution in [2.24, 2.45) is 0 Å². The zero-order valence-corrected chi connectivity index (χ0v) is 19.3. The van der Waals surface area contributed by atoms with Gasteiger partial charge in [0.25, 0.3) is 5.91 Å². The molecule has 33 heavy (non-hydrogen) atoms. The van der Waals surface area contributed by atoms with Gasteiger partial charge >= 0.3 is 0 Å². The lowest BCUT2D eigenvalue weighted by atomic mass is 10.1. The van der Waals surface area contributed by atoms with Crippen LogP contribution in [0, 0.1) is 5.82 Å². The molecule has 0 radical (unpaired) electrons. The molecule has 0 spiro atoms. The van der Waals surface area contributed by atoms with Crippen LogP contribution in [0.5, 0.6) is 0 Å². The van der Waals surface area contributed by atoms with E-state index in [-0.39, 0.29) is 11.7 Å². The summed E-state index contributed by atoms with van der Waals surface area (Å²) in [5.41, 5.74) is 3.89. The first kappa shape index (κ1) is 21.3. The quantitative estimate of drug-likeness (QED) is 0.399. The van der Waals surface area contributed by atoms with Gasteiger partial charge in [0.2, 0.25) is 0 Å². The number of piperazine rings is 1. The van der Waals surface area contributed by atoms with Crippen LogP contribution in [0.15, 0.2) is 83.5 Å². The second-order valence-electron chi connectivity index (χ2n) is 7.82. The number of carbonyl (C=O) groups is 1. The normalized spacial score (nSPS) is 13.9. The van der Waals surface area contributed by atoms with Gasteiger partial charge in [0, 0.05) is 41.8 Å². The van der Waals surface area contributed by atoms with E-state index >= 15 is 0 Å². The number of benzene rings is 3. The molecule has 0 aliphatic carbocycles. The summed E-state index contributed by atoms with van der Waals surface area (Å²) >= 11 is 3.45. The minimum atomic E-state index is -0.233. The third kappa shape index (κ3) is 4.39. The SMILES string of the molecule is O=C(c1ccc(-n2nncc2-c2ccc(Br)cc2)cc1)N1CCN(c2ccccc2F)CC1. The molecule has 0 atom stereocenters. The van der Waals surface area contributed by atoms with Gasteiger partial charge in [-0.15, -0.1) is 5.10 Å². The van der Waals surface area contributed by atoms with Crippen molar-refractivity contribution in [1.82, 2.24) is 19.9 Å². The van der Waals surface area contributed by atoms with Crippen LogP contribution >= 0.6 is 15.9 Å². The van der Waals surface area contributed by atoms with Crippen LogP contribution in [0.3, 0.4) is 0 Å². The van der Waals surface area contributed by atoms with Gasteiger partial charge in [0.15, 0.2) is 0 Å². The molecule has 1 aliphatic heterocycles. The average molecular weight is 506 g/mol. The first-order valence-corrected chi connectivity index (χ1v) is 11.5. The zero-order chi connectivity index (χ0) is 22.8. The molecule has 1 saturated heterocycles. The van der Waals surface area contributed by atoms with Crippen molar-refractivity contribution in [3.8, 4) is 16.9 Å². The Hall–Kier alpha value is -3.52. The van der Waals surface area contributed by atoms with Crippen LogP contribution in [0.4, 0.5) is 10.1 Å². The van der Waals surface area contributed by atoms with Crippen molar-refractivity contribution in [2.45, 2.75) is 0 Å². The number of anilines is 1. The third-order valence-electron chi connectivity index (χ3n) is 5.81. The minimum Gasteiger partial charge on any atom is -0.366 e. The Morgan fingerprint density at radius 1 is 0.879 bits per heavy atom. The third-order valence-corrected chi connectivity index (χ3v) is 6.34. The molecule has 1 aromatic heterocycles. The lowest BCUT2D eigenvalue weighted by Crippen LogP contribution is -2.49. The van der Waals surface area contributed by atoms with Crippen LogP contribution in [0.2, 0.25) is 0 Å². The van der Waals surface area contributed by atoms with Crippen molar-refractivity contribution in [3.63, 3.8) is 0 Å². The van der Waals surface area contributed by atoms with Crippen LogP contribution in [-0.4, -0.2) is 52.0 Å². The maximum atomic E-state index is 14.1. The molecular weight excluding hydrogens is 485 g/mol. The van der Waals surface area contributed by atoms with Gasteiger partial charge in [-0.25, -0.2) is 9.07 Å². The molecule has 0 N–H and O–H groups in total. The van der Waals surface area contributed by atoms with Gasteiger partial charge in [0.05, 0.1) is 23.3 Å². The van der Waals surface area contributed by atoms with Crippen LogP contribution in [0.1, 0.15) is 10.4 Å². The van der Waals surface area contributed by atoms with E-state index in [0.717, 1.165) is 21.4 Å². The summed E-state index contributed by atoms with van der Waals surface area (Å²) in [4.78, 5) is 16.8. The second kappa shape index (κ2) is 9.15. The fourth-order valence-electron chi connectivity index (χ4n) is 4.03. The molecule has 1 fully saturated rings. The molecule has 166 valence electrons. The van der Waals surface area contributed by atoms with Crippen LogP contribution in [0.25, 0.3) is 16.9 Å². The highest BCUT2D eigenvalue weighted by atomic mass is 79.9. The number of amides is 1. The highest BCUT2D eigenvalue weighted by Gasteiger charge is 2.23. The maximum Gasteiger partial charge on any atom is 0.253 e. The van der Waals surface area contributed by atoms with E-state index < -0.39 is 0 Å². The minimum absolute atomic E-state index is 0.0264. The molecule has 6 nitrogen and oxygen atoms in total. The van der Waals surface area contributed by atoms with E-state index in [0.29, 0.717) is 37.4 Å². The number of hydrogen-bond donors (Lipinski definition) is 0. The second-order valence-corrected chi connectivity index (χ2v) is 8.73. The molecule has 2 heterocycles. The Labute approximate surface area is 199 Å². The van der Waals surface area contributed by atoms with Crippen molar-refractivity contribution in [1.29, 1.82) is 0 Å². The standard InChI is InChI=1S/C25H21BrFN5O/c26-20-9-5-18(6-10-20)24-17-28-29-32(24)21-11-7-19(8-12-21)25(33)31-15-13-30(14-16-31)23-4-2-1-3-22(23)27/h1-12,17H,13-16H2. The van der Waals surface area contributed by atoms with E-state index in [1.54, 1.807) is 23.0 Å². The largest absolute Gasteiger partial charge is 0.366 e. The van der Waals surface area contributed by atoms with Gasteiger partial charge in [-0.05, 0) is 48.5 Å². The topological polar surface area (TPSA) is 54.3 Å². The molecule has 0 bridgehead atoms. The monoisotopic (exact) mass is 505 g/mol. The molecule has 4 aromatic rings. The number of halogens is 2. The summed E-state index contributed by atoms with van der Waals surface area (Å²) in [5, 5.41) is 8.28. The van der Waals surface area contributed by atoms with E-state index in [1.807, 2.05) is 64.4 Å². The van der Waals surface area contributed by atoms with E-state index in [2.05, 4.69) is 26.2 Å². The Kier molecular flexibility index (Phi) is 5.92. The van der Waals surface area contributed by atoms with E-state index in [9.17, 15) is 9.18 Å². The number of hydrogen-bond acceptors (Lipinski definition) is 4. The molecule has 1 amide bonds. The summed E-state index contributed by atoms with van der Waals surface area (Å²) in [6.07, 6.45) is 1.72. The predicted molar refractivity (Wildman–Crippen MR) is 129 cm³/mol. The Morgan fingerprint density at radius 2 is 1.58 bits per heavy atom. The molecule has 8 heteroatoms. The zero-order valence-electron chi connectivity index (χ0n) is 17.7. The lowest BCUT2D eigenvalue weighted by Gasteiger charge is -2.36. The molecule has 0 unspecified atom stereocenters. The lowest BCUT2D eigenvalue weighted by molar-refractivity contribution is 0.0746. The van der Waals surface area contributed by atoms with Gasteiger partial charge in [0.1, 0.15) is 5.82 Å². The average Bonchev–Trinajstić information content (AvgIpc) is 3.35. The number of rotatable bonds is 4. The molecule has 1 aliphatic rings. The number of carbonyl (C=O) groups excluding carboxylic acids is 1. The molecule has 3 aromatic carbocycles. The number of aromatic nitrogens is 3. The smallest absolute Gasteiger partial charge is 0.253 e. The van der Waals surface area contributed by atoms with Crippen molar-refractivity contribution < 1.29 is 9.18 Å². The van der Waals surface area contributed by atoms with Crippen LogP contribution < -0.4 is 4.90 Å². The summed E-state index contributed by atoms with van der Waals surface area (Å²) in [5.74, 6) is -0.259. The first-order chi connectivity index (χ1) is 16.1. The number of para-hydroxylation sites is 1. The number of nitrogens with zero attached hydrogens (tertiary/aromatic N) is 5. The summed E-state index contributed by atoms with van der Waals surface area (Å²) in [6.45, 7) is 2.29. The Morgan fingerprint density at radius 3 is 2.27 bits per heavy atom. The highest BCUT2D eigenvalue weighted by Crippen LogP contribution is 2.24. The molecule has 0 saturated carbocycles. The van der Waals surface area contributed by atoms with Crippen molar-refractivity contribution >= 4 is 27.5 Å². The van der Waals surface area contributed by atoms with Gasteiger partial charge in [-0.3, -0.25) is 4.79 Å². The van der Waals surface area contributed by atoms with E-state index in [1.165, 1.54) is 6.07 Å². The maximum absolute atomic E-state index is 14.1.